The summed E-state index contributed by atoms with van der Waals surface area (Å²) in [5, 5.41) is 2.90. The first kappa shape index (κ1) is 21.8. The molecule has 0 bridgehead atoms. The molecule has 4 aromatic rings. The Bertz CT molecular complexity index is 1190. The third-order valence-electron chi connectivity index (χ3n) is 5.47. The summed E-state index contributed by atoms with van der Waals surface area (Å²) < 4.78 is 2.02. The molecule has 1 aliphatic rings. The second-order valence-electron chi connectivity index (χ2n) is 7.79. The number of piperazine rings is 1. The zero-order valence-corrected chi connectivity index (χ0v) is 19.7. The Balaban J connectivity index is 1.13. The van der Waals surface area contributed by atoms with Crippen molar-refractivity contribution < 1.29 is 4.79 Å². The van der Waals surface area contributed by atoms with Crippen molar-refractivity contribution in [1.29, 1.82) is 0 Å². The monoisotopic (exact) mass is 476 g/mol. The average molecular weight is 477 g/mol. The van der Waals surface area contributed by atoms with Gasteiger partial charge in [0, 0.05) is 38.8 Å². The number of nitrogens with zero attached hydrogens (tertiary/aromatic N) is 5. The van der Waals surface area contributed by atoms with Gasteiger partial charge in [0.25, 0.3) is 0 Å². The second-order valence-corrected chi connectivity index (χ2v) is 10.0. The molecular weight excluding hydrogens is 452 g/mol. The first-order chi connectivity index (χ1) is 16.2. The minimum absolute atomic E-state index is 0.100. The summed E-state index contributed by atoms with van der Waals surface area (Å²) in [5.41, 5.74) is 2.30. The Kier molecular flexibility index (Phi) is 6.80. The Morgan fingerprint density at radius 3 is 2.61 bits per heavy atom. The standard InChI is InChI=1S/C24H24N6OS2/c31-23(16-32-24-27-19-8-4-5-9-20(19)33-24)28-21-14-22(26-17-25-21)30-12-10-29(11-13-30)15-18-6-2-1-3-7-18/h1-9,14,17H,10-13,15-16H2,(H,25,26,28,31). The van der Waals surface area contributed by atoms with Crippen LogP contribution in [0.1, 0.15) is 5.56 Å². The van der Waals surface area contributed by atoms with E-state index in [0.717, 1.165) is 53.1 Å². The third-order valence-corrected chi connectivity index (χ3v) is 7.65. The Labute approximate surface area is 200 Å². The van der Waals surface area contributed by atoms with Crippen LogP contribution in [0.4, 0.5) is 11.6 Å². The summed E-state index contributed by atoms with van der Waals surface area (Å²) in [5.74, 6) is 1.56. The maximum atomic E-state index is 12.5. The molecule has 1 amide bonds. The van der Waals surface area contributed by atoms with E-state index in [4.69, 9.17) is 0 Å². The summed E-state index contributed by atoms with van der Waals surface area (Å²) >= 11 is 3.05. The Morgan fingerprint density at radius 1 is 1.00 bits per heavy atom. The van der Waals surface area contributed by atoms with E-state index in [9.17, 15) is 4.79 Å². The van der Waals surface area contributed by atoms with Crippen LogP contribution in [0.2, 0.25) is 0 Å². The zero-order valence-electron chi connectivity index (χ0n) is 18.1. The lowest BCUT2D eigenvalue weighted by Gasteiger charge is -2.35. The first-order valence-electron chi connectivity index (χ1n) is 10.8. The predicted octanol–water partition coefficient (Wildman–Crippen LogP) is 4.14. The lowest BCUT2D eigenvalue weighted by molar-refractivity contribution is -0.113. The highest BCUT2D eigenvalue weighted by Gasteiger charge is 2.19. The van der Waals surface area contributed by atoms with Crippen LogP contribution in [0.15, 0.2) is 71.3 Å². The lowest BCUT2D eigenvalue weighted by Crippen LogP contribution is -2.46. The maximum absolute atomic E-state index is 12.5. The number of rotatable bonds is 7. The lowest BCUT2D eigenvalue weighted by atomic mass is 10.2. The highest BCUT2D eigenvalue weighted by molar-refractivity contribution is 8.01. The number of anilines is 2. The van der Waals surface area contributed by atoms with Gasteiger partial charge in [-0.05, 0) is 17.7 Å². The molecule has 0 aliphatic carbocycles. The van der Waals surface area contributed by atoms with Crippen LogP contribution in [0.5, 0.6) is 0 Å². The van der Waals surface area contributed by atoms with Gasteiger partial charge in [-0.2, -0.15) is 0 Å². The number of hydrogen-bond donors (Lipinski definition) is 1. The van der Waals surface area contributed by atoms with Gasteiger partial charge in [0.2, 0.25) is 5.91 Å². The van der Waals surface area contributed by atoms with Crippen LogP contribution in [0.25, 0.3) is 10.2 Å². The maximum Gasteiger partial charge on any atom is 0.235 e. The molecular formula is C24H24N6OS2. The fourth-order valence-electron chi connectivity index (χ4n) is 3.78. The van der Waals surface area contributed by atoms with Crippen molar-refractivity contribution in [3.63, 3.8) is 0 Å². The number of thiazole rings is 1. The number of aromatic nitrogens is 3. The summed E-state index contributed by atoms with van der Waals surface area (Å²) in [7, 11) is 0. The molecule has 0 radical (unpaired) electrons. The summed E-state index contributed by atoms with van der Waals surface area (Å²) in [4.78, 5) is 30.4. The van der Waals surface area contributed by atoms with Crippen LogP contribution in [0.3, 0.4) is 0 Å². The molecule has 1 aliphatic heterocycles. The van der Waals surface area contributed by atoms with Crippen molar-refractivity contribution in [2.75, 3.05) is 42.1 Å². The van der Waals surface area contributed by atoms with Gasteiger partial charge in [0.1, 0.15) is 18.0 Å². The molecule has 168 valence electrons. The number of nitrogens with one attached hydrogen (secondary N) is 1. The Hall–Kier alpha value is -3.01. The van der Waals surface area contributed by atoms with Gasteiger partial charge in [0.05, 0.1) is 16.0 Å². The van der Waals surface area contributed by atoms with E-state index in [1.165, 1.54) is 23.7 Å². The van der Waals surface area contributed by atoms with E-state index in [1.807, 2.05) is 36.4 Å². The second kappa shape index (κ2) is 10.3. The summed E-state index contributed by atoms with van der Waals surface area (Å²) in [6.45, 7) is 4.69. The van der Waals surface area contributed by atoms with Crippen molar-refractivity contribution >= 4 is 50.9 Å². The number of thioether (sulfide) groups is 1. The molecule has 33 heavy (non-hydrogen) atoms. The summed E-state index contributed by atoms with van der Waals surface area (Å²) in [6, 6.07) is 20.4. The summed E-state index contributed by atoms with van der Waals surface area (Å²) in [6.07, 6.45) is 1.52. The van der Waals surface area contributed by atoms with Gasteiger partial charge in [-0.15, -0.1) is 11.3 Å². The number of hydrogen-bond acceptors (Lipinski definition) is 8. The van der Waals surface area contributed by atoms with Crippen LogP contribution < -0.4 is 10.2 Å². The molecule has 1 N–H and O–H groups in total. The first-order valence-corrected chi connectivity index (χ1v) is 12.6. The number of amides is 1. The SMILES string of the molecule is O=C(CSc1nc2ccccc2s1)Nc1cc(N2CCN(Cc3ccccc3)CC2)ncn1. The molecule has 1 fully saturated rings. The molecule has 3 heterocycles. The van der Waals surface area contributed by atoms with Gasteiger partial charge < -0.3 is 10.2 Å². The van der Waals surface area contributed by atoms with E-state index in [1.54, 1.807) is 11.3 Å². The quantitative estimate of drug-likeness (QED) is 0.402. The normalized spacial score (nSPS) is 14.5. The van der Waals surface area contributed by atoms with Gasteiger partial charge in [-0.1, -0.05) is 54.2 Å². The highest BCUT2D eigenvalue weighted by Crippen LogP contribution is 2.29. The zero-order chi connectivity index (χ0) is 22.5. The molecule has 7 nitrogen and oxygen atoms in total. The van der Waals surface area contributed by atoms with Gasteiger partial charge in [-0.3, -0.25) is 9.69 Å². The van der Waals surface area contributed by atoms with Crippen molar-refractivity contribution in [2.24, 2.45) is 0 Å². The smallest absolute Gasteiger partial charge is 0.235 e. The molecule has 2 aromatic heterocycles. The molecule has 9 heteroatoms. The Morgan fingerprint density at radius 2 is 1.79 bits per heavy atom. The van der Waals surface area contributed by atoms with Gasteiger partial charge in [0.15, 0.2) is 4.34 Å². The molecule has 1 saturated heterocycles. The van der Waals surface area contributed by atoms with Crippen LogP contribution >= 0.6 is 23.1 Å². The van der Waals surface area contributed by atoms with E-state index < -0.39 is 0 Å². The van der Waals surface area contributed by atoms with Crippen molar-refractivity contribution in [2.45, 2.75) is 10.9 Å². The van der Waals surface area contributed by atoms with E-state index in [0.29, 0.717) is 5.82 Å². The number of para-hydroxylation sites is 1. The van der Waals surface area contributed by atoms with Gasteiger partial charge >= 0.3 is 0 Å². The fraction of sp³-hybridized carbons (Fsp3) is 0.250. The molecule has 0 atom stereocenters. The predicted molar refractivity (Wildman–Crippen MR) is 135 cm³/mol. The van der Waals surface area contributed by atoms with Crippen LogP contribution in [-0.4, -0.2) is 57.7 Å². The van der Waals surface area contributed by atoms with E-state index in [-0.39, 0.29) is 11.7 Å². The molecule has 0 saturated carbocycles. The molecule has 0 unspecified atom stereocenters. The largest absolute Gasteiger partial charge is 0.354 e. The fourth-order valence-corrected chi connectivity index (χ4v) is 5.65. The number of benzene rings is 2. The number of carbonyl (C=O) groups excluding carboxylic acids is 1. The minimum Gasteiger partial charge on any atom is -0.354 e. The minimum atomic E-state index is -0.100. The number of carbonyl (C=O) groups is 1. The van der Waals surface area contributed by atoms with Gasteiger partial charge in [-0.25, -0.2) is 15.0 Å². The van der Waals surface area contributed by atoms with Crippen molar-refractivity contribution in [1.82, 2.24) is 19.9 Å². The average Bonchev–Trinajstić information content (AvgIpc) is 3.27. The van der Waals surface area contributed by atoms with Crippen molar-refractivity contribution in [3.8, 4) is 0 Å². The van der Waals surface area contributed by atoms with E-state index in [2.05, 4.69) is 54.3 Å². The topological polar surface area (TPSA) is 74.2 Å². The third kappa shape index (κ3) is 5.68. The molecule has 5 rings (SSSR count). The van der Waals surface area contributed by atoms with E-state index >= 15 is 0 Å². The number of fused-ring (bicyclic) bond motifs is 1. The highest BCUT2D eigenvalue weighted by atomic mass is 32.2. The molecule has 2 aromatic carbocycles. The van der Waals surface area contributed by atoms with Crippen molar-refractivity contribution in [3.05, 3.63) is 72.6 Å². The van der Waals surface area contributed by atoms with Crippen LogP contribution in [-0.2, 0) is 11.3 Å². The van der Waals surface area contributed by atoms with Crippen LogP contribution in [0, 0.1) is 0 Å². The molecule has 0 spiro atoms.